The Morgan fingerprint density at radius 2 is 1.30 bits per heavy atom. The average molecular weight is 432 g/mol. The Bertz CT molecular complexity index is 697. The Labute approximate surface area is 173 Å². The van der Waals surface area contributed by atoms with Crippen molar-refractivity contribution in [1.29, 1.82) is 0 Å². The van der Waals surface area contributed by atoms with E-state index in [1.165, 1.54) is 11.1 Å². The molecule has 0 bridgehead atoms. The molecule has 0 radical (unpaired) electrons. The quantitative estimate of drug-likeness (QED) is 0.537. The summed E-state index contributed by atoms with van der Waals surface area (Å²) in [6.07, 6.45) is 1.91. The van der Waals surface area contributed by atoms with E-state index in [1.54, 1.807) is 0 Å². The molecule has 1 heterocycles. The SMILES string of the molecule is Cc1ccc(C(C(=O)OC2CC[N+](C)(C)CC2)c2ccc(C)cc2)cc1.[Br-]. The highest BCUT2D eigenvalue weighted by Gasteiger charge is 2.31. The number of piperidine rings is 1. The highest BCUT2D eigenvalue weighted by atomic mass is 79.9. The van der Waals surface area contributed by atoms with E-state index in [-0.39, 0.29) is 35.0 Å². The van der Waals surface area contributed by atoms with E-state index in [2.05, 4.69) is 52.2 Å². The number of hydrogen-bond donors (Lipinski definition) is 0. The summed E-state index contributed by atoms with van der Waals surface area (Å²) in [6.45, 7) is 6.23. The van der Waals surface area contributed by atoms with Gasteiger partial charge in [-0.15, -0.1) is 0 Å². The molecule has 0 aliphatic carbocycles. The van der Waals surface area contributed by atoms with Gasteiger partial charge in [0.05, 0.1) is 27.2 Å². The lowest BCUT2D eigenvalue weighted by molar-refractivity contribution is -0.896. The Morgan fingerprint density at radius 3 is 1.70 bits per heavy atom. The van der Waals surface area contributed by atoms with Crippen molar-refractivity contribution in [3.63, 3.8) is 0 Å². The molecule has 0 unspecified atom stereocenters. The number of nitrogens with zero attached hydrogens (tertiary/aromatic N) is 1. The first-order valence-corrected chi connectivity index (χ1v) is 9.50. The summed E-state index contributed by atoms with van der Waals surface area (Å²) in [6, 6.07) is 16.4. The minimum Gasteiger partial charge on any atom is -1.00 e. The number of rotatable bonds is 4. The van der Waals surface area contributed by atoms with E-state index in [9.17, 15) is 4.79 Å². The fourth-order valence-electron chi connectivity index (χ4n) is 3.58. The van der Waals surface area contributed by atoms with Crippen LogP contribution in [0.2, 0.25) is 0 Å². The molecule has 0 spiro atoms. The normalized spacial score (nSPS) is 16.6. The maximum atomic E-state index is 13.1. The molecule has 1 aliphatic heterocycles. The van der Waals surface area contributed by atoms with Crippen LogP contribution in [0.1, 0.15) is 41.0 Å². The Morgan fingerprint density at radius 1 is 0.889 bits per heavy atom. The standard InChI is InChI=1S/C23H30NO2.BrH/c1-17-5-9-19(10-6-17)22(20-11-7-18(2)8-12-20)23(25)26-21-13-15-24(3,4)16-14-21;/h5-12,21-22H,13-16H2,1-4H3;1H/q+1;/p-1. The molecule has 0 atom stereocenters. The van der Waals surface area contributed by atoms with Crippen molar-refractivity contribution in [3.05, 3.63) is 70.8 Å². The summed E-state index contributed by atoms with van der Waals surface area (Å²) in [5.74, 6) is -0.490. The monoisotopic (exact) mass is 431 g/mol. The van der Waals surface area contributed by atoms with Gasteiger partial charge in [-0.05, 0) is 25.0 Å². The van der Waals surface area contributed by atoms with Gasteiger partial charge in [-0.25, -0.2) is 0 Å². The third-order valence-electron chi connectivity index (χ3n) is 5.45. The molecule has 27 heavy (non-hydrogen) atoms. The summed E-state index contributed by atoms with van der Waals surface area (Å²) < 4.78 is 6.97. The van der Waals surface area contributed by atoms with Crippen LogP contribution in [0.25, 0.3) is 0 Å². The molecule has 0 amide bonds. The molecule has 1 fully saturated rings. The van der Waals surface area contributed by atoms with E-state index < -0.39 is 0 Å². The Kier molecular flexibility index (Phi) is 7.24. The van der Waals surface area contributed by atoms with Gasteiger partial charge < -0.3 is 26.2 Å². The van der Waals surface area contributed by atoms with E-state index in [1.807, 2.05) is 24.3 Å². The van der Waals surface area contributed by atoms with Gasteiger partial charge in [0.1, 0.15) is 12.0 Å². The van der Waals surface area contributed by atoms with Crippen LogP contribution in [0.4, 0.5) is 0 Å². The molecule has 2 aromatic rings. The first kappa shape index (κ1) is 21.6. The summed E-state index contributed by atoms with van der Waals surface area (Å²) in [5, 5.41) is 0. The molecule has 1 saturated heterocycles. The van der Waals surface area contributed by atoms with Gasteiger partial charge in [-0.2, -0.15) is 0 Å². The molecule has 146 valence electrons. The molecule has 3 rings (SSSR count). The zero-order valence-electron chi connectivity index (χ0n) is 16.7. The van der Waals surface area contributed by atoms with Crippen LogP contribution in [0.15, 0.2) is 48.5 Å². The fourth-order valence-corrected chi connectivity index (χ4v) is 3.58. The lowest BCUT2D eigenvalue weighted by Gasteiger charge is -2.37. The first-order chi connectivity index (χ1) is 12.3. The van der Waals surface area contributed by atoms with Crippen LogP contribution in [-0.2, 0) is 9.53 Å². The van der Waals surface area contributed by atoms with Crippen molar-refractivity contribution in [3.8, 4) is 0 Å². The molecule has 1 aliphatic rings. The summed E-state index contributed by atoms with van der Waals surface area (Å²) >= 11 is 0. The van der Waals surface area contributed by atoms with Gasteiger partial charge in [0.15, 0.2) is 0 Å². The van der Waals surface area contributed by atoms with Crippen molar-refractivity contribution in [2.45, 2.75) is 38.7 Å². The van der Waals surface area contributed by atoms with Gasteiger partial charge in [0.2, 0.25) is 0 Å². The topological polar surface area (TPSA) is 26.3 Å². The largest absolute Gasteiger partial charge is 1.00 e. The number of halogens is 1. The van der Waals surface area contributed by atoms with Crippen molar-refractivity contribution in [1.82, 2.24) is 0 Å². The number of likely N-dealkylation sites (tertiary alicyclic amines) is 1. The highest BCUT2D eigenvalue weighted by molar-refractivity contribution is 5.82. The van der Waals surface area contributed by atoms with Crippen LogP contribution in [0, 0.1) is 13.8 Å². The van der Waals surface area contributed by atoms with Gasteiger partial charge >= 0.3 is 5.97 Å². The molecule has 0 N–H and O–H groups in total. The molecule has 3 nitrogen and oxygen atoms in total. The molecule has 2 aromatic carbocycles. The molecule has 4 heteroatoms. The number of aryl methyl sites for hydroxylation is 2. The number of carbonyl (C=O) groups excluding carboxylic acids is 1. The fraction of sp³-hybridized carbons (Fsp3) is 0.435. The number of benzene rings is 2. The predicted octanol–water partition coefficient (Wildman–Crippen LogP) is 1.22. The van der Waals surface area contributed by atoms with E-state index in [0.717, 1.165) is 41.5 Å². The van der Waals surface area contributed by atoms with E-state index in [0.29, 0.717) is 0 Å². The van der Waals surface area contributed by atoms with Crippen LogP contribution in [0.5, 0.6) is 0 Å². The summed E-state index contributed by atoms with van der Waals surface area (Å²) in [4.78, 5) is 13.1. The highest BCUT2D eigenvalue weighted by Crippen LogP contribution is 2.29. The molecule has 0 aromatic heterocycles. The Hall–Kier alpha value is -1.65. The molecular weight excluding hydrogens is 402 g/mol. The van der Waals surface area contributed by atoms with E-state index >= 15 is 0 Å². The van der Waals surface area contributed by atoms with Gasteiger partial charge in [0.25, 0.3) is 0 Å². The summed E-state index contributed by atoms with van der Waals surface area (Å²) in [7, 11) is 4.47. The van der Waals surface area contributed by atoms with E-state index in [4.69, 9.17) is 4.74 Å². The van der Waals surface area contributed by atoms with Gasteiger partial charge in [-0.3, -0.25) is 4.79 Å². The number of ether oxygens (including phenoxy) is 1. The van der Waals surface area contributed by atoms with Crippen molar-refractivity contribution in [2.24, 2.45) is 0 Å². The first-order valence-electron chi connectivity index (χ1n) is 9.50. The predicted molar refractivity (Wildman–Crippen MR) is 105 cm³/mol. The third kappa shape index (κ3) is 5.66. The van der Waals surface area contributed by atoms with Crippen LogP contribution in [0.3, 0.4) is 0 Å². The van der Waals surface area contributed by atoms with Crippen molar-refractivity contribution >= 4 is 5.97 Å². The second-order valence-corrected chi connectivity index (χ2v) is 8.27. The number of esters is 1. The average Bonchev–Trinajstić information content (AvgIpc) is 2.60. The number of carbonyl (C=O) groups is 1. The maximum absolute atomic E-state index is 13.1. The van der Waals surface area contributed by atoms with Gasteiger partial charge in [-0.1, -0.05) is 59.7 Å². The number of quaternary nitrogens is 1. The summed E-state index contributed by atoms with van der Waals surface area (Å²) in [5.41, 5.74) is 4.38. The van der Waals surface area contributed by atoms with Crippen LogP contribution < -0.4 is 17.0 Å². The zero-order chi connectivity index (χ0) is 18.7. The second kappa shape index (κ2) is 9.03. The van der Waals surface area contributed by atoms with Crippen LogP contribution in [-0.4, -0.2) is 43.7 Å². The maximum Gasteiger partial charge on any atom is 0.318 e. The smallest absolute Gasteiger partial charge is 0.318 e. The van der Waals surface area contributed by atoms with Gasteiger partial charge in [0, 0.05) is 12.8 Å². The lowest BCUT2D eigenvalue weighted by atomic mass is 9.90. The lowest BCUT2D eigenvalue weighted by Crippen LogP contribution is -3.00. The zero-order valence-corrected chi connectivity index (χ0v) is 18.3. The minimum atomic E-state index is -0.361. The number of hydrogen-bond acceptors (Lipinski definition) is 2. The second-order valence-electron chi connectivity index (χ2n) is 8.27. The molecular formula is C23H30BrNO2. The minimum absolute atomic E-state index is 0. The third-order valence-corrected chi connectivity index (χ3v) is 5.45. The van der Waals surface area contributed by atoms with Crippen molar-refractivity contribution in [2.75, 3.05) is 27.2 Å². The van der Waals surface area contributed by atoms with Crippen molar-refractivity contribution < 1.29 is 31.0 Å². The molecule has 0 saturated carbocycles. The van der Waals surface area contributed by atoms with Crippen LogP contribution >= 0.6 is 0 Å². The Balaban J connectivity index is 0.00000261.